The van der Waals surface area contributed by atoms with Gasteiger partial charge in [-0.05, 0) is 105 Å². The highest BCUT2D eigenvalue weighted by Crippen LogP contribution is 2.72. The van der Waals surface area contributed by atoms with Gasteiger partial charge in [0.2, 0.25) is 0 Å². The fourth-order valence-corrected chi connectivity index (χ4v) is 10.9. The van der Waals surface area contributed by atoms with E-state index in [2.05, 4.69) is 27.7 Å². The van der Waals surface area contributed by atoms with Crippen molar-refractivity contribution in [2.75, 3.05) is 5.88 Å². The first-order valence-electron chi connectivity index (χ1n) is 14.2. The maximum absolute atomic E-state index is 12.8. The molecule has 0 aromatic heterocycles. The Bertz CT molecular complexity index is 1040. The van der Waals surface area contributed by atoms with Crippen LogP contribution in [0.15, 0.2) is 11.1 Å². The van der Waals surface area contributed by atoms with E-state index in [9.17, 15) is 30.0 Å². The van der Waals surface area contributed by atoms with E-state index in [0.29, 0.717) is 31.6 Å². The summed E-state index contributed by atoms with van der Waals surface area (Å²) < 4.78 is 0. The minimum absolute atomic E-state index is 0.0207. The molecule has 5 aliphatic rings. The summed E-state index contributed by atoms with van der Waals surface area (Å²) in [4.78, 5) is 25.4. The Kier molecular flexibility index (Phi) is 6.27. The maximum atomic E-state index is 12.8. The molecular weight excluding hydrogens is 492 g/mol. The number of hydrogen-bond acceptors (Lipinski definition) is 4. The molecule has 0 aromatic carbocycles. The van der Waals surface area contributed by atoms with E-state index in [-0.39, 0.29) is 34.5 Å². The second kappa shape index (κ2) is 8.44. The second-order valence-corrected chi connectivity index (χ2v) is 15.1. The summed E-state index contributed by atoms with van der Waals surface area (Å²) in [5.41, 5.74) is -0.0655. The number of aliphatic hydroxyl groups is 2. The SMILES string of the molecule is CC1(C)CC[C@]2(C(=O)O)CCC3=C(C(CCl)C[C@@H]4[C@@]5(C)C[C@H](O)[C@H](O)[C@@](C)(C(=O)O)[C@@H]5CC[C@@]34C)[C@@H]2C1. The molecule has 0 heterocycles. The summed E-state index contributed by atoms with van der Waals surface area (Å²) in [6.45, 7) is 10.6. The monoisotopic (exact) mass is 536 g/mol. The molecular formula is C30H45ClO6. The summed E-state index contributed by atoms with van der Waals surface area (Å²) in [7, 11) is 0. The van der Waals surface area contributed by atoms with Crippen LogP contribution < -0.4 is 0 Å². The number of aliphatic hydroxyl groups excluding tert-OH is 2. The lowest BCUT2D eigenvalue weighted by molar-refractivity contribution is -0.225. The summed E-state index contributed by atoms with van der Waals surface area (Å²) in [6.07, 6.45) is 4.09. The van der Waals surface area contributed by atoms with Crippen LogP contribution >= 0.6 is 11.6 Å². The number of hydrogen-bond donors (Lipinski definition) is 4. The topological polar surface area (TPSA) is 115 Å². The van der Waals surface area contributed by atoms with Crippen molar-refractivity contribution < 1.29 is 30.0 Å². The van der Waals surface area contributed by atoms with Gasteiger partial charge in [-0.3, -0.25) is 9.59 Å². The lowest BCUT2D eigenvalue weighted by Crippen LogP contribution is -2.67. The van der Waals surface area contributed by atoms with E-state index in [1.165, 1.54) is 11.1 Å². The zero-order valence-corrected chi connectivity index (χ0v) is 23.8. The van der Waals surface area contributed by atoms with E-state index in [0.717, 1.165) is 32.1 Å². The van der Waals surface area contributed by atoms with Crippen LogP contribution in [0.4, 0.5) is 0 Å². The number of rotatable bonds is 3. The predicted octanol–water partition coefficient (Wildman–Crippen LogP) is 5.49. The Morgan fingerprint density at radius 1 is 0.919 bits per heavy atom. The van der Waals surface area contributed by atoms with Crippen molar-refractivity contribution in [1.82, 2.24) is 0 Å². The first kappa shape index (κ1) is 27.5. The molecule has 4 N–H and O–H groups in total. The molecule has 7 heteroatoms. The van der Waals surface area contributed by atoms with Gasteiger partial charge in [-0.25, -0.2) is 0 Å². The Labute approximate surface area is 225 Å². The molecule has 37 heavy (non-hydrogen) atoms. The molecule has 208 valence electrons. The van der Waals surface area contributed by atoms with Crippen LogP contribution in [-0.2, 0) is 9.59 Å². The van der Waals surface area contributed by atoms with Crippen molar-refractivity contribution in [3.63, 3.8) is 0 Å². The van der Waals surface area contributed by atoms with Gasteiger partial charge < -0.3 is 20.4 Å². The highest BCUT2D eigenvalue weighted by atomic mass is 35.5. The third kappa shape index (κ3) is 3.50. The van der Waals surface area contributed by atoms with Crippen LogP contribution in [0.2, 0.25) is 0 Å². The van der Waals surface area contributed by atoms with Gasteiger partial charge in [0, 0.05) is 5.88 Å². The summed E-state index contributed by atoms with van der Waals surface area (Å²) in [5, 5.41) is 42.7. The number of halogens is 1. The summed E-state index contributed by atoms with van der Waals surface area (Å²) in [6, 6.07) is 0. The summed E-state index contributed by atoms with van der Waals surface area (Å²) in [5.74, 6) is -1.43. The molecule has 0 bridgehead atoms. The normalized spacial score (nSPS) is 50.8. The van der Waals surface area contributed by atoms with Crippen molar-refractivity contribution in [1.29, 1.82) is 0 Å². The quantitative estimate of drug-likeness (QED) is 0.280. The van der Waals surface area contributed by atoms with Gasteiger partial charge in [0.25, 0.3) is 0 Å². The molecule has 3 saturated carbocycles. The molecule has 0 amide bonds. The standard InChI is InChI=1S/C30H45ClO6/c1-26(2)10-11-30(25(36)37)9-6-17-22(18(30)13-26)16(15-31)12-21-27(17,3)8-7-20-28(21,4)14-19(32)23(33)29(20,5)24(34)35/h16,18-21,23,32-33H,6-15H2,1-5H3,(H,34,35)(H,36,37)/t16?,18-,19-,20+,21-,23-,27-,28-,29-,30+/m0/s1. The van der Waals surface area contributed by atoms with Crippen LogP contribution in [0.1, 0.15) is 92.4 Å². The molecule has 0 saturated heterocycles. The van der Waals surface area contributed by atoms with E-state index in [1.807, 2.05) is 0 Å². The zero-order chi connectivity index (χ0) is 27.3. The van der Waals surface area contributed by atoms with E-state index < -0.39 is 40.4 Å². The molecule has 3 fully saturated rings. The minimum Gasteiger partial charge on any atom is -0.481 e. The predicted molar refractivity (Wildman–Crippen MR) is 141 cm³/mol. The van der Waals surface area contributed by atoms with E-state index >= 15 is 0 Å². The Hall–Kier alpha value is -1.11. The number of fused-ring (bicyclic) bond motifs is 6. The van der Waals surface area contributed by atoms with Crippen LogP contribution in [0.3, 0.4) is 0 Å². The van der Waals surface area contributed by atoms with Gasteiger partial charge >= 0.3 is 11.9 Å². The number of carbonyl (C=O) groups is 2. The lowest BCUT2D eigenvalue weighted by Gasteiger charge is -2.67. The first-order chi connectivity index (χ1) is 17.1. The Morgan fingerprint density at radius 2 is 1.59 bits per heavy atom. The number of carboxylic acid groups (broad SMARTS) is 2. The van der Waals surface area contributed by atoms with Gasteiger partial charge in [-0.2, -0.15) is 0 Å². The zero-order valence-electron chi connectivity index (χ0n) is 23.0. The van der Waals surface area contributed by atoms with Crippen LogP contribution in [0, 0.1) is 50.7 Å². The molecule has 6 nitrogen and oxygen atoms in total. The van der Waals surface area contributed by atoms with Gasteiger partial charge in [0.15, 0.2) is 0 Å². The molecule has 1 unspecified atom stereocenters. The Morgan fingerprint density at radius 3 is 2.19 bits per heavy atom. The first-order valence-corrected chi connectivity index (χ1v) is 14.7. The van der Waals surface area contributed by atoms with Crippen LogP contribution in [0.5, 0.6) is 0 Å². The smallest absolute Gasteiger partial charge is 0.312 e. The van der Waals surface area contributed by atoms with Gasteiger partial charge in [0.1, 0.15) is 0 Å². The second-order valence-electron chi connectivity index (χ2n) is 14.8. The molecule has 0 aliphatic heterocycles. The lowest BCUT2D eigenvalue weighted by atomic mass is 9.37. The number of alkyl halides is 1. The number of allylic oxidation sites excluding steroid dienone is 2. The van der Waals surface area contributed by atoms with Gasteiger partial charge in [0.05, 0.1) is 23.0 Å². The molecule has 10 atom stereocenters. The fraction of sp³-hybridized carbons (Fsp3) is 0.867. The van der Waals surface area contributed by atoms with Crippen molar-refractivity contribution in [3.05, 3.63) is 11.1 Å². The summed E-state index contributed by atoms with van der Waals surface area (Å²) >= 11 is 6.72. The van der Waals surface area contributed by atoms with Crippen molar-refractivity contribution >= 4 is 23.5 Å². The van der Waals surface area contributed by atoms with Gasteiger partial charge in [-0.15, -0.1) is 11.6 Å². The van der Waals surface area contributed by atoms with Crippen molar-refractivity contribution in [2.45, 2.75) is 105 Å². The van der Waals surface area contributed by atoms with Crippen LogP contribution in [-0.4, -0.2) is 50.5 Å². The highest BCUT2D eigenvalue weighted by Gasteiger charge is 2.69. The maximum Gasteiger partial charge on any atom is 0.312 e. The number of aliphatic carboxylic acids is 2. The third-order valence-corrected chi connectivity index (χ3v) is 13.0. The average molecular weight is 537 g/mol. The minimum atomic E-state index is -1.42. The molecule has 0 spiro atoms. The Balaban J connectivity index is 1.65. The number of carboxylic acids is 2. The average Bonchev–Trinajstić information content (AvgIpc) is 2.81. The van der Waals surface area contributed by atoms with E-state index in [1.54, 1.807) is 6.92 Å². The van der Waals surface area contributed by atoms with Crippen molar-refractivity contribution in [2.24, 2.45) is 50.7 Å². The molecule has 5 aliphatic carbocycles. The van der Waals surface area contributed by atoms with E-state index in [4.69, 9.17) is 11.6 Å². The molecule has 5 rings (SSSR count). The highest BCUT2D eigenvalue weighted by molar-refractivity contribution is 6.18. The van der Waals surface area contributed by atoms with Crippen molar-refractivity contribution in [3.8, 4) is 0 Å². The molecule has 0 aromatic rings. The molecule has 0 radical (unpaired) electrons. The largest absolute Gasteiger partial charge is 0.481 e. The third-order valence-electron chi connectivity index (χ3n) is 12.6. The van der Waals surface area contributed by atoms with Gasteiger partial charge in [-0.1, -0.05) is 38.8 Å². The van der Waals surface area contributed by atoms with Crippen LogP contribution in [0.25, 0.3) is 0 Å². The fourth-order valence-electron chi connectivity index (χ4n) is 10.6.